The Kier molecular flexibility index (Phi) is 3.66. The maximum absolute atomic E-state index is 11.1. The summed E-state index contributed by atoms with van der Waals surface area (Å²) in [5, 5.41) is 9.99. The molecular formula is C12H18N2O2S. The molecule has 4 nitrogen and oxygen atoms in total. The van der Waals surface area contributed by atoms with Crippen LogP contribution in [-0.4, -0.2) is 29.1 Å². The summed E-state index contributed by atoms with van der Waals surface area (Å²) in [6.45, 7) is 6.18. The second-order valence-corrected chi connectivity index (χ2v) is 5.42. The quantitative estimate of drug-likeness (QED) is 0.897. The van der Waals surface area contributed by atoms with Gasteiger partial charge in [0, 0.05) is 13.1 Å². The van der Waals surface area contributed by atoms with E-state index in [-0.39, 0.29) is 0 Å². The van der Waals surface area contributed by atoms with Gasteiger partial charge in [-0.3, -0.25) is 0 Å². The van der Waals surface area contributed by atoms with Crippen molar-refractivity contribution < 1.29 is 9.90 Å². The van der Waals surface area contributed by atoms with E-state index in [1.54, 1.807) is 0 Å². The SMILES string of the molecule is CCc1nc(N2CCC(CC)C2)sc1C(=O)O. The molecule has 0 bridgehead atoms. The topological polar surface area (TPSA) is 53.4 Å². The number of carboxylic acids is 1. The van der Waals surface area contributed by atoms with Gasteiger partial charge in [0.25, 0.3) is 0 Å². The molecule has 1 aromatic heterocycles. The Morgan fingerprint density at radius 3 is 2.82 bits per heavy atom. The molecule has 94 valence electrons. The van der Waals surface area contributed by atoms with E-state index in [0.717, 1.165) is 29.8 Å². The van der Waals surface area contributed by atoms with Gasteiger partial charge in [-0.2, -0.15) is 0 Å². The van der Waals surface area contributed by atoms with Crippen molar-refractivity contribution in [3.05, 3.63) is 10.6 Å². The summed E-state index contributed by atoms with van der Waals surface area (Å²) >= 11 is 1.32. The van der Waals surface area contributed by atoms with Crippen LogP contribution in [0.5, 0.6) is 0 Å². The third-order valence-corrected chi connectivity index (χ3v) is 4.50. The van der Waals surface area contributed by atoms with E-state index in [9.17, 15) is 4.79 Å². The molecule has 1 aliphatic heterocycles. The molecule has 0 amide bonds. The zero-order valence-corrected chi connectivity index (χ0v) is 11.1. The molecule has 1 saturated heterocycles. The van der Waals surface area contributed by atoms with Crippen molar-refractivity contribution in [3.8, 4) is 0 Å². The monoisotopic (exact) mass is 254 g/mol. The van der Waals surface area contributed by atoms with E-state index < -0.39 is 5.97 Å². The Bertz CT molecular complexity index is 417. The van der Waals surface area contributed by atoms with Crippen molar-refractivity contribution in [2.45, 2.75) is 33.1 Å². The molecule has 0 aliphatic carbocycles. The first kappa shape index (κ1) is 12.4. The van der Waals surface area contributed by atoms with Crippen LogP contribution in [0.2, 0.25) is 0 Å². The Hall–Kier alpha value is -1.10. The molecule has 0 saturated carbocycles. The van der Waals surface area contributed by atoms with Gasteiger partial charge < -0.3 is 10.0 Å². The van der Waals surface area contributed by atoms with Gasteiger partial charge in [-0.25, -0.2) is 9.78 Å². The van der Waals surface area contributed by atoms with Crippen LogP contribution in [-0.2, 0) is 6.42 Å². The number of rotatable bonds is 4. The number of thiazole rings is 1. The van der Waals surface area contributed by atoms with Crippen LogP contribution in [0.3, 0.4) is 0 Å². The fourth-order valence-electron chi connectivity index (χ4n) is 2.22. The first-order valence-electron chi connectivity index (χ1n) is 6.13. The fraction of sp³-hybridized carbons (Fsp3) is 0.667. The summed E-state index contributed by atoms with van der Waals surface area (Å²) in [6, 6.07) is 0. The van der Waals surface area contributed by atoms with Crippen molar-refractivity contribution in [2.24, 2.45) is 5.92 Å². The largest absolute Gasteiger partial charge is 0.477 e. The fourth-order valence-corrected chi connectivity index (χ4v) is 3.25. The van der Waals surface area contributed by atoms with Gasteiger partial charge in [-0.1, -0.05) is 31.6 Å². The molecule has 1 aromatic rings. The highest BCUT2D eigenvalue weighted by Crippen LogP contribution is 2.31. The molecule has 1 fully saturated rings. The van der Waals surface area contributed by atoms with Crippen LogP contribution in [0.1, 0.15) is 42.1 Å². The highest BCUT2D eigenvalue weighted by atomic mass is 32.1. The Labute approximate surface area is 105 Å². The van der Waals surface area contributed by atoms with Crippen LogP contribution in [0, 0.1) is 5.92 Å². The van der Waals surface area contributed by atoms with Gasteiger partial charge in [0.05, 0.1) is 5.69 Å². The van der Waals surface area contributed by atoms with Gasteiger partial charge >= 0.3 is 5.97 Å². The predicted molar refractivity (Wildman–Crippen MR) is 69.1 cm³/mol. The zero-order valence-electron chi connectivity index (χ0n) is 10.3. The predicted octanol–water partition coefficient (Wildman–Crippen LogP) is 2.64. The van der Waals surface area contributed by atoms with Crippen molar-refractivity contribution in [3.63, 3.8) is 0 Å². The van der Waals surface area contributed by atoms with Gasteiger partial charge in [0.1, 0.15) is 4.88 Å². The van der Waals surface area contributed by atoms with Crippen LogP contribution in [0.25, 0.3) is 0 Å². The third kappa shape index (κ3) is 2.44. The molecule has 1 unspecified atom stereocenters. The lowest BCUT2D eigenvalue weighted by atomic mass is 10.1. The lowest BCUT2D eigenvalue weighted by Crippen LogP contribution is -2.19. The van der Waals surface area contributed by atoms with E-state index in [4.69, 9.17) is 5.11 Å². The van der Waals surface area contributed by atoms with E-state index in [1.807, 2.05) is 6.92 Å². The van der Waals surface area contributed by atoms with Crippen LogP contribution in [0.15, 0.2) is 0 Å². The van der Waals surface area contributed by atoms with Gasteiger partial charge in [-0.15, -0.1) is 0 Å². The lowest BCUT2D eigenvalue weighted by molar-refractivity contribution is 0.0701. The molecule has 1 atom stereocenters. The summed E-state index contributed by atoms with van der Waals surface area (Å²) in [5.74, 6) is -0.117. The molecule has 0 aromatic carbocycles. The molecule has 5 heteroatoms. The molecular weight excluding hydrogens is 236 g/mol. The number of hydrogen-bond donors (Lipinski definition) is 1. The van der Waals surface area contributed by atoms with E-state index in [2.05, 4.69) is 16.8 Å². The minimum Gasteiger partial charge on any atom is -0.477 e. The number of carbonyl (C=O) groups is 1. The molecule has 1 N–H and O–H groups in total. The molecule has 1 aliphatic rings. The van der Waals surface area contributed by atoms with Crippen LogP contribution in [0.4, 0.5) is 5.13 Å². The molecule has 2 heterocycles. The number of nitrogens with zero attached hydrogens (tertiary/aromatic N) is 2. The van der Waals surface area contributed by atoms with Gasteiger partial charge in [0.15, 0.2) is 5.13 Å². The summed E-state index contributed by atoms with van der Waals surface area (Å²) in [5.41, 5.74) is 0.720. The van der Waals surface area contributed by atoms with Crippen molar-refractivity contribution in [2.75, 3.05) is 18.0 Å². The molecule has 0 radical (unpaired) electrons. The van der Waals surface area contributed by atoms with Crippen LogP contribution < -0.4 is 4.90 Å². The Morgan fingerprint density at radius 2 is 2.35 bits per heavy atom. The minimum absolute atomic E-state index is 0.405. The third-order valence-electron chi connectivity index (χ3n) is 3.35. The first-order chi connectivity index (χ1) is 8.15. The highest BCUT2D eigenvalue weighted by molar-refractivity contribution is 7.17. The summed E-state index contributed by atoms with van der Waals surface area (Å²) in [6.07, 6.45) is 3.07. The van der Waals surface area contributed by atoms with E-state index in [1.165, 1.54) is 24.2 Å². The first-order valence-corrected chi connectivity index (χ1v) is 6.95. The van der Waals surface area contributed by atoms with Crippen molar-refractivity contribution in [1.82, 2.24) is 4.98 Å². The maximum atomic E-state index is 11.1. The number of aryl methyl sites for hydroxylation is 1. The number of carboxylic acid groups (broad SMARTS) is 1. The summed E-state index contributed by atoms with van der Waals surface area (Å²) in [7, 11) is 0. The lowest BCUT2D eigenvalue weighted by Gasteiger charge is -2.13. The smallest absolute Gasteiger partial charge is 0.347 e. The number of aromatic nitrogens is 1. The standard InChI is InChI=1S/C12H18N2O2S/c1-3-8-5-6-14(7-8)12-13-9(4-2)10(17-12)11(15)16/h8H,3-7H2,1-2H3,(H,15,16). The highest BCUT2D eigenvalue weighted by Gasteiger charge is 2.25. The Morgan fingerprint density at radius 1 is 1.59 bits per heavy atom. The van der Waals surface area contributed by atoms with E-state index in [0.29, 0.717) is 11.3 Å². The summed E-state index contributed by atoms with van der Waals surface area (Å²) in [4.78, 5) is 18.2. The number of hydrogen-bond acceptors (Lipinski definition) is 4. The number of aromatic carboxylic acids is 1. The minimum atomic E-state index is -0.850. The number of anilines is 1. The zero-order chi connectivity index (χ0) is 12.4. The average molecular weight is 254 g/mol. The second kappa shape index (κ2) is 5.04. The summed E-state index contributed by atoms with van der Waals surface area (Å²) < 4.78 is 0. The average Bonchev–Trinajstić information content (AvgIpc) is 2.94. The second-order valence-electron chi connectivity index (χ2n) is 4.44. The molecule has 0 spiro atoms. The molecule has 17 heavy (non-hydrogen) atoms. The van der Waals surface area contributed by atoms with Crippen LogP contribution >= 0.6 is 11.3 Å². The van der Waals surface area contributed by atoms with Gasteiger partial charge in [0.2, 0.25) is 0 Å². The van der Waals surface area contributed by atoms with Gasteiger partial charge in [-0.05, 0) is 18.8 Å². The van der Waals surface area contributed by atoms with Crippen molar-refractivity contribution in [1.29, 1.82) is 0 Å². The maximum Gasteiger partial charge on any atom is 0.347 e. The molecule has 2 rings (SSSR count). The van der Waals surface area contributed by atoms with E-state index >= 15 is 0 Å². The van der Waals surface area contributed by atoms with Crippen molar-refractivity contribution >= 4 is 22.4 Å². The Balaban J connectivity index is 2.19. The normalized spacial score (nSPS) is 19.9.